The van der Waals surface area contributed by atoms with Gasteiger partial charge in [-0.15, -0.1) is 10.8 Å². The smallest absolute Gasteiger partial charge is 0.248 e. The molecule has 10 heteroatoms. The lowest BCUT2D eigenvalue weighted by molar-refractivity contribution is -0.138. The zero-order valence-electron chi connectivity index (χ0n) is 21.5. The lowest BCUT2D eigenvalue weighted by Crippen LogP contribution is -2.54. The summed E-state index contributed by atoms with van der Waals surface area (Å²) in [6.07, 6.45) is 1.95. The Hall–Kier alpha value is -1.40. The number of aryl methyl sites for hydroxylation is 2. The van der Waals surface area contributed by atoms with Gasteiger partial charge < -0.3 is 24.2 Å². The fourth-order valence-corrected chi connectivity index (χ4v) is 7.11. The Morgan fingerprint density at radius 2 is 1.71 bits per heavy atom. The number of ether oxygens (including phenoxy) is 2. The van der Waals surface area contributed by atoms with Crippen molar-refractivity contribution in [3.05, 3.63) is 23.3 Å². The molecule has 1 amide bonds. The van der Waals surface area contributed by atoms with Crippen LogP contribution in [0.3, 0.4) is 0 Å². The predicted octanol–water partition coefficient (Wildman–Crippen LogP) is 2.52. The van der Waals surface area contributed by atoms with Crippen LogP contribution in [0.25, 0.3) is 0 Å². The quantitative estimate of drug-likeness (QED) is 0.565. The van der Waals surface area contributed by atoms with Crippen molar-refractivity contribution in [3.8, 4) is 5.75 Å². The summed E-state index contributed by atoms with van der Waals surface area (Å²) in [6, 6.07) is 3.66. The first-order valence-electron chi connectivity index (χ1n) is 11.9. The van der Waals surface area contributed by atoms with Crippen LogP contribution in [0.4, 0.5) is 0 Å². The van der Waals surface area contributed by atoms with Crippen LogP contribution >= 0.6 is 10.8 Å². The molecule has 2 N–H and O–H groups in total. The van der Waals surface area contributed by atoms with Gasteiger partial charge in [0.25, 0.3) is 0 Å². The van der Waals surface area contributed by atoms with E-state index in [0.717, 1.165) is 43.6 Å². The zero-order chi connectivity index (χ0) is 25.0. The fraction of sp³-hybridized carbons (Fsp3) is 0.708. The van der Waals surface area contributed by atoms with E-state index in [-0.39, 0.29) is 31.2 Å². The first-order valence-corrected chi connectivity index (χ1v) is 13.5. The lowest BCUT2D eigenvalue weighted by atomic mass is 10.0. The second-order valence-corrected chi connectivity index (χ2v) is 11.6. The van der Waals surface area contributed by atoms with Gasteiger partial charge in [-0.1, -0.05) is 0 Å². The topological polar surface area (TPSA) is 88.9 Å². The minimum atomic E-state index is -3.24. The number of piperazine rings is 1. The molecule has 2 fully saturated rings. The van der Waals surface area contributed by atoms with Gasteiger partial charge in [0.15, 0.2) is 0 Å². The van der Waals surface area contributed by atoms with Crippen LogP contribution < -0.4 is 4.74 Å². The molecule has 0 aliphatic carbocycles. The summed E-state index contributed by atoms with van der Waals surface area (Å²) in [6.45, 7) is 7.83. The number of methoxy groups -OCH3 is 1. The van der Waals surface area contributed by atoms with Crippen molar-refractivity contribution < 1.29 is 23.4 Å². The molecule has 1 atom stereocenters. The van der Waals surface area contributed by atoms with Crippen molar-refractivity contribution in [1.29, 1.82) is 0 Å². The normalized spacial score (nSPS) is 22.1. The molecule has 0 spiro atoms. The summed E-state index contributed by atoms with van der Waals surface area (Å²) in [7, 11) is 4.34. The van der Waals surface area contributed by atoms with E-state index >= 15 is 0 Å². The number of carbonyl (C=O) groups is 1. The van der Waals surface area contributed by atoms with Gasteiger partial charge in [-0.2, -0.15) is 4.31 Å². The first kappa shape index (κ1) is 27.2. The molecule has 0 bridgehead atoms. The second kappa shape index (κ2) is 11.6. The molecular formula is C24H42N4O5S. The van der Waals surface area contributed by atoms with Gasteiger partial charge in [0.1, 0.15) is 12.4 Å². The van der Waals surface area contributed by atoms with E-state index in [1.807, 2.05) is 45.0 Å². The Kier molecular flexibility index (Phi) is 9.24. The van der Waals surface area contributed by atoms with Gasteiger partial charge in [-0.25, -0.2) is 0 Å². The molecule has 1 aromatic carbocycles. The predicted molar refractivity (Wildman–Crippen MR) is 136 cm³/mol. The van der Waals surface area contributed by atoms with Crippen molar-refractivity contribution in [1.82, 2.24) is 19.0 Å². The van der Waals surface area contributed by atoms with Crippen LogP contribution in [0.5, 0.6) is 5.75 Å². The molecule has 2 saturated heterocycles. The SMILES string of the molecule is COc1cc(C)c(S(O)(O)N2CCN(C)CC2COCC(=O)N(C)C2CCN(C)CC2)c(C)c1. The van der Waals surface area contributed by atoms with E-state index in [4.69, 9.17) is 9.47 Å². The van der Waals surface area contributed by atoms with Crippen LogP contribution in [0.1, 0.15) is 24.0 Å². The third kappa shape index (κ3) is 6.23. The van der Waals surface area contributed by atoms with Gasteiger partial charge in [0, 0.05) is 32.7 Å². The molecule has 1 unspecified atom stereocenters. The van der Waals surface area contributed by atoms with Crippen LogP contribution in [-0.4, -0.2) is 120 Å². The van der Waals surface area contributed by atoms with Gasteiger partial charge in [0.05, 0.1) is 24.7 Å². The number of likely N-dealkylation sites (tertiary alicyclic amines) is 1. The number of carbonyl (C=O) groups excluding carboxylic acids is 1. The van der Waals surface area contributed by atoms with Gasteiger partial charge in [-0.3, -0.25) is 13.9 Å². The molecule has 9 nitrogen and oxygen atoms in total. The van der Waals surface area contributed by atoms with E-state index in [1.165, 1.54) is 0 Å². The molecule has 0 radical (unpaired) electrons. The number of nitrogens with zero attached hydrogens (tertiary/aromatic N) is 4. The van der Waals surface area contributed by atoms with Crippen molar-refractivity contribution in [2.24, 2.45) is 0 Å². The van der Waals surface area contributed by atoms with E-state index in [2.05, 4.69) is 16.8 Å². The van der Waals surface area contributed by atoms with Crippen LogP contribution in [0.2, 0.25) is 0 Å². The number of hydrogen-bond donors (Lipinski definition) is 2. The monoisotopic (exact) mass is 498 g/mol. The maximum Gasteiger partial charge on any atom is 0.248 e. The molecule has 2 heterocycles. The summed E-state index contributed by atoms with van der Waals surface area (Å²) < 4.78 is 35.9. The largest absolute Gasteiger partial charge is 0.497 e. The highest BCUT2D eigenvalue weighted by molar-refractivity contribution is 8.22. The molecule has 3 rings (SSSR count). The summed E-state index contributed by atoms with van der Waals surface area (Å²) in [4.78, 5) is 19.5. The van der Waals surface area contributed by atoms with Gasteiger partial charge in [0.2, 0.25) is 5.91 Å². The van der Waals surface area contributed by atoms with E-state index < -0.39 is 10.8 Å². The highest BCUT2D eigenvalue weighted by atomic mass is 32.3. The van der Waals surface area contributed by atoms with Gasteiger partial charge >= 0.3 is 0 Å². The summed E-state index contributed by atoms with van der Waals surface area (Å²) in [5.41, 5.74) is 1.57. The van der Waals surface area contributed by atoms with Crippen LogP contribution in [-0.2, 0) is 9.53 Å². The maximum absolute atomic E-state index is 12.7. The minimum absolute atomic E-state index is 0.00330. The Balaban J connectivity index is 1.66. The summed E-state index contributed by atoms with van der Waals surface area (Å²) in [5, 5.41) is 0. The van der Waals surface area contributed by atoms with Crippen molar-refractivity contribution in [2.45, 2.75) is 43.7 Å². The maximum atomic E-state index is 12.7. The number of likely N-dealkylation sites (N-methyl/N-ethyl adjacent to an activating group) is 2. The molecule has 194 valence electrons. The minimum Gasteiger partial charge on any atom is -0.497 e. The fourth-order valence-electron chi connectivity index (χ4n) is 5.01. The Morgan fingerprint density at radius 1 is 1.09 bits per heavy atom. The number of amides is 1. The lowest BCUT2D eigenvalue weighted by Gasteiger charge is -2.51. The average Bonchev–Trinajstić information content (AvgIpc) is 2.78. The number of benzene rings is 1. The van der Waals surface area contributed by atoms with E-state index in [0.29, 0.717) is 23.7 Å². The standard InChI is InChI=1S/C24H42N4O5S/c1-18-13-22(32-6)14-19(2)24(18)34(30,31)28-12-11-26(4)15-21(28)16-33-17-23(29)27(5)20-7-9-25(3)10-8-20/h13-14,20-21,30-31H,7-12,15-17H2,1-6H3. The molecule has 1 aromatic rings. The molecule has 2 aliphatic heterocycles. The Bertz CT molecular complexity index is 824. The average molecular weight is 499 g/mol. The van der Waals surface area contributed by atoms with Gasteiger partial charge in [-0.05, 0) is 77.1 Å². The molecular weight excluding hydrogens is 456 g/mol. The van der Waals surface area contributed by atoms with Crippen molar-refractivity contribution in [3.63, 3.8) is 0 Å². The Labute approximate surface area is 206 Å². The highest BCUT2D eigenvalue weighted by Gasteiger charge is 2.37. The number of piperidine rings is 1. The summed E-state index contributed by atoms with van der Waals surface area (Å²) in [5.74, 6) is 0.665. The first-order chi connectivity index (χ1) is 16.0. The van der Waals surface area contributed by atoms with E-state index in [1.54, 1.807) is 11.4 Å². The Morgan fingerprint density at radius 3 is 2.29 bits per heavy atom. The third-order valence-electron chi connectivity index (χ3n) is 7.07. The zero-order valence-corrected chi connectivity index (χ0v) is 22.3. The van der Waals surface area contributed by atoms with Crippen LogP contribution in [0, 0.1) is 13.8 Å². The second-order valence-electron chi connectivity index (χ2n) is 9.72. The highest BCUT2D eigenvalue weighted by Crippen LogP contribution is 2.56. The van der Waals surface area contributed by atoms with Crippen LogP contribution in [0.15, 0.2) is 17.0 Å². The summed E-state index contributed by atoms with van der Waals surface area (Å²) >= 11 is 0. The number of rotatable bonds is 8. The third-order valence-corrected chi connectivity index (χ3v) is 9.39. The molecule has 2 aliphatic rings. The molecule has 34 heavy (non-hydrogen) atoms. The molecule has 0 saturated carbocycles. The van der Waals surface area contributed by atoms with Crippen molar-refractivity contribution in [2.75, 3.05) is 74.2 Å². The molecule has 0 aromatic heterocycles. The van der Waals surface area contributed by atoms with E-state index in [9.17, 15) is 13.9 Å². The van der Waals surface area contributed by atoms with Crippen molar-refractivity contribution >= 4 is 16.7 Å². The number of hydrogen-bond acceptors (Lipinski definition) is 8.